The minimum atomic E-state index is -1.63. The van der Waals surface area contributed by atoms with Crippen LogP contribution in [0.4, 0.5) is 0 Å². The minimum Gasteiger partial charge on any atom is -0.464 e. The van der Waals surface area contributed by atoms with Crippen LogP contribution in [0, 0.1) is 11.3 Å². The fraction of sp³-hybridized carbons (Fsp3) is 0.438. The first-order valence-electron chi connectivity index (χ1n) is 7.78. The second kappa shape index (κ2) is 5.37. The number of nitrogens with one attached hydrogen (secondary N) is 1. The minimum absolute atomic E-state index is 0.0113. The van der Waals surface area contributed by atoms with Crippen molar-refractivity contribution in [3.8, 4) is 0 Å². The Morgan fingerprint density at radius 1 is 1.39 bits per heavy atom. The molecule has 0 radical (unpaired) electrons. The summed E-state index contributed by atoms with van der Waals surface area (Å²) in [6.45, 7) is 1.26. The van der Waals surface area contributed by atoms with Gasteiger partial charge in [-0.3, -0.25) is 4.79 Å². The summed E-state index contributed by atoms with van der Waals surface area (Å²) < 4.78 is 10.6. The topological polar surface area (TPSA) is 91.9 Å². The van der Waals surface area contributed by atoms with Gasteiger partial charge in [-0.15, -0.1) is 0 Å². The van der Waals surface area contributed by atoms with Crippen molar-refractivity contribution in [2.45, 2.75) is 18.8 Å². The zero-order valence-electron chi connectivity index (χ0n) is 12.6. The van der Waals surface area contributed by atoms with Gasteiger partial charge in [0.25, 0.3) is 0 Å². The van der Waals surface area contributed by atoms with Crippen LogP contribution in [-0.4, -0.2) is 42.2 Å². The number of carbonyl (C=O) groups excluding carboxylic acids is 1. The smallest absolute Gasteiger partial charge is 0.464 e. The highest BCUT2D eigenvalue weighted by Gasteiger charge is 2.63. The first-order chi connectivity index (χ1) is 11.1. The molecule has 2 aromatic rings. The van der Waals surface area contributed by atoms with Crippen molar-refractivity contribution in [2.75, 3.05) is 13.2 Å². The van der Waals surface area contributed by atoms with Gasteiger partial charge >= 0.3 is 7.12 Å². The van der Waals surface area contributed by atoms with Crippen LogP contribution >= 0.6 is 0 Å². The lowest BCUT2D eigenvalue weighted by Gasteiger charge is -2.27. The summed E-state index contributed by atoms with van der Waals surface area (Å²) in [5, 5.41) is 22.9. The Morgan fingerprint density at radius 2 is 2.17 bits per heavy atom. The summed E-state index contributed by atoms with van der Waals surface area (Å²) in [6, 6.07) is 7.54. The Morgan fingerprint density at radius 3 is 2.83 bits per heavy atom. The maximum absolute atomic E-state index is 12.3. The van der Waals surface area contributed by atoms with E-state index >= 15 is 0 Å². The fourth-order valence-corrected chi connectivity index (χ4v) is 3.34. The Bertz CT molecular complexity index is 739. The summed E-state index contributed by atoms with van der Waals surface area (Å²) in [5.41, 5.74) is 1.60. The Hall–Kier alpha value is -1.83. The van der Waals surface area contributed by atoms with E-state index in [1.807, 2.05) is 24.3 Å². The van der Waals surface area contributed by atoms with E-state index in [9.17, 15) is 14.8 Å². The van der Waals surface area contributed by atoms with E-state index in [0.29, 0.717) is 19.6 Å². The van der Waals surface area contributed by atoms with Crippen LogP contribution in [0.5, 0.6) is 0 Å². The molecule has 1 spiro atoms. The molecular weight excluding hydrogens is 297 g/mol. The SMILES string of the molecule is O=C(N[C@@H](Cc1coc2ccccc12)B(O)O)C1CC12COC2. The molecule has 2 aliphatic rings. The molecule has 4 rings (SSSR count). The molecule has 2 atom stereocenters. The zero-order chi connectivity index (χ0) is 16.0. The van der Waals surface area contributed by atoms with Crippen LogP contribution in [-0.2, 0) is 16.0 Å². The van der Waals surface area contributed by atoms with Gasteiger partial charge in [0.15, 0.2) is 0 Å². The molecule has 1 aromatic carbocycles. The molecule has 1 aromatic heterocycles. The standard InChI is InChI=1S/C16H18BNO5/c19-15(12-6-16(12)8-22-9-16)18-14(17(20)21)5-10-7-23-13-4-2-1-3-11(10)13/h1-4,7,12,14,20-21H,5-6,8-9H2,(H,18,19)/t12?,14-/m0/s1. The number of para-hydroxylation sites is 1. The van der Waals surface area contributed by atoms with Crippen LogP contribution in [0.1, 0.15) is 12.0 Å². The van der Waals surface area contributed by atoms with Gasteiger partial charge in [-0.1, -0.05) is 18.2 Å². The third-order valence-corrected chi connectivity index (χ3v) is 4.97. The Balaban J connectivity index is 1.47. The van der Waals surface area contributed by atoms with Gasteiger partial charge in [-0.25, -0.2) is 0 Å². The average molecular weight is 315 g/mol. The second-order valence-electron chi connectivity index (χ2n) is 6.60. The molecule has 1 aliphatic carbocycles. The van der Waals surface area contributed by atoms with Gasteiger partial charge in [0.1, 0.15) is 5.58 Å². The predicted molar refractivity (Wildman–Crippen MR) is 83.4 cm³/mol. The lowest BCUT2D eigenvalue weighted by molar-refractivity contribution is -0.127. The van der Waals surface area contributed by atoms with E-state index in [2.05, 4.69) is 5.32 Å². The van der Waals surface area contributed by atoms with Crippen LogP contribution in [0.2, 0.25) is 0 Å². The zero-order valence-corrected chi connectivity index (χ0v) is 12.6. The van der Waals surface area contributed by atoms with Crippen molar-refractivity contribution < 1.29 is 24.0 Å². The van der Waals surface area contributed by atoms with Crippen LogP contribution < -0.4 is 5.32 Å². The highest BCUT2D eigenvalue weighted by atomic mass is 16.5. The van der Waals surface area contributed by atoms with E-state index in [0.717, 1.165) is 23.0 Å². The summed E-state index contributed by atoms with van der Waals surface area (Å²) in [6.07, 6.45) is 2.73. The number of hydrogen-bond donors (Lipinski definition) is 3. The number of rotatable bonds is 5. The summed E-state index contributed by atoms with van der Waals surface area (Å²) >= 11 is 0. The number of carbonyl (C=O) groups is 1. The van der Waals surface area contributed by atoms with Gasteiger partial charge in [0, 0.05) is 16.7 Å². The first kappa shape index (κ1) is 14.7. The maximum atomic E-state index is 12.3. The predicted octanol–water partition coefficient (Wildman–Crippen LogP) is 0.509. The van der Waals surface area contributed by atoms with Crippen molar-refractivity contribution in [1.82, 2.24) is 5.32 Å². The molecule has 1 amide bonds. The molecule has 7 heteroatoms. The Kier molecular flexibility index (Phi) is 3.44. The molecule has 0 bridgehead atoms. The largest absolute Gasteiger partial charge is 0.475 e. The van der Waals surface area contributed by atoms with Crippen molar-refractivity contribution in [3.05, 3.63) is 36.1 Å². The summed E-state index contributed by atoms with van der Waals surface area (Å²) in [4.78, 5) is 12.3. The number of fused-ring (bicyclic) bond motifs is 1. The van der Waals surface area contributed by atoms with E-state index in [1.54, 1.807) is 6.26 Å². The first-order valence-corrected chi connectivity index (χ1v) is 7.78. The number of benzene rings is 1. The lowest BCUT2D eigenvalue weighted by atomic mass is 9.75. The van der Waals surface area contributed by atoms with Crippen LogP contribution in [0.15, 0.2) is 34.9 Å². The number of furan rings is 1. The number of amides is 1. The molecule has 23 heavy (non-hydrogen) atoms. The molecule has 1 aliphatic heterocycles. The van der Waals surface area contributed by atoms with Gasteiger partial charge in [0.05, 0.1) is 25.4 Å². The molecule has 2 heterocycles. The van der Waals surface area contributed by atoms with Crippen molar-refractivity contribution in [3.63, 3.8) is 0 Å². The molecule has 1 unspecified atom stereocenters. The van der Waals surface area contributed by atoms with E-state index in [4.69, 9.17) is 9.15 Å². The van der Waals surface area contributed by atoms with E-state index in [1.165, 1.54) is 0 Å². The normalized spacial score (nSPS) is 22.6. The molecule has 6 nitrogen and oxygen atoms in total. The quantitative estimate of drug-likeness (QED) is 0.699. The van der Waals surface area contributed by atoms with Gasteiger partial charge in [-0.2, -0.15) is 0 Å². The van der Waals surface area contributed by atoms with E-state index in [-0.39, 0.29) is 17.2 Å². The highest BCUT2D eigenvalue weighted by Crippen LogP contribution is 2.57. The summed E-state index contributed by atoms with van der Waals surface area (Å²) in [5.74, 6) is -0.958. The van der Waals surface area contributed by atoms with E-state index < -0.39 is 13.1 Å². The average Bonchev–Trinajstić information content (AvgIpc) is 3.17. The van der Waals surface area contributed by atoms with Crippen molar-refractivity contribution in [2.24, 2.45) is 11.3 Å². The molecule has 1 saturated carbocycles. The molecule has 2 fully saturated rings. The molecular formula is C16H18BNO5. The maximum Gasteiger partial charge on any atom is 0.475 e. The van der Waals surface area contributed by atoms with Gasteiger partial charge < -0.3 is 24.5 Å². The van der Waals surface area contributed by atoms with Crippen LogP contribution in [0.3, 0.4) is 0 Å². The molecule has 3 N–H and O–H groups in total. The second-order valence-corrected chi connectivity index (χ2v) is 6.60. The Labute approximate surface area is 133 Å². The third kappa shape index (κ3) is 2.54. The van der Waals surface area contributed by atoms with Gasteiger partial charge in [-0.05, 0) is 24.5 Å². The molecule has 120 valence electrons. The monoisotopic (exact) mass is 315 g/mol. The van der Waals surface area contributed by atoms with Crippen molar-refractivity contribution >= 4 is 24.0 Å². The van der Waals surface area contributed by atoms with Crippen molar-refractivity contribution in [1.29, 1.82) is 0 Å². The highest BCUT2D eigenvalue weighted by molar-refractivity contribution is 6.43. The summed E-state index contributed by atoms with van der Waals surface area (Å²) in [7, 11) is -1.63. The lowest BCUT2D eigenvalue weighted by Crippen LogP contribution is -2.49. The van der Waals surface area contributed by atoms with Gasteiger partial charge in [0.2, 0.25) is 5.91 Å². The van der Waals surface area contributed by atoms with Crippen LogP contribution in [0.25, 0.3) is 11.0 Å². The molecule has 1 saturated heterocycles. The number of hydrogen-bond acceptors (Lipinski definition) is 5. The number of ether oxygens (including phenoxy) is 1. The third-order valence-electron chi connectivity index (χ3n) is 4.97. The fourth-order valence-electron chi connectivity index (χ4n) is 3.34.